The fourth-order valence-electron chi connectivity index (χ4n) is 1.37. The van der Waals surface area contributed by atoms with Gasteiger partial charge < -0.3 is 18.9 Å². The molecule has 0 spiro atoms. The van der Waals surface area contributed by atoms with Crippen LogP contribution in [0.25, 0.3) is 0 Å². The van der Waals surface area contributed by atoms with Crippen LogP contribution in [0.2, 0.25) is 12.6 Å². The Bertz CT molecular complexity index is 195. The Morgan fingerprint density at radius 3 is 2.12 bits per heavy atom. The molecule has 0 atom stereocenters. The SMILES string of the molecule is CCOC(=O)NCC[Si](C)(OCC)OCC. The van der Waals surface area contributed by atoms with Crippen molar-refractivity contribution < 1.29 is 18.4 Å². The van der Waals surface area contributed by atoms with E-state index >= 15 is 0 Å². The van der Waals surface area contributed by atoms with E-state index in [4.69, 9.17) is 13.6 Å². The van der Waals surface area contributed by atoms with Gasteiger partial charge in [0.2, 0.25) is 0 Å². The molecular formula is C10H23NO4Si. The van der Waals surface area contributed by atoms with Crippen molar-refractivity contribution in [1.82, 2.24) is 5.32 Å². The van der Waals surface area contributed by atoms with E-state index < -0.39 is 8.56 Å². The molecule has 0 aliphatic carbocycles. The number of nitrogens with one attached hydrogen (secondary N) is 1. The van der Waals surface area contributed by atoms with Crippen molar-refractivity contribution in [2.45, 2.75) is 33.4 Å². The third-order valence-electron chi connectivity index (χ3n) is 2.02. The van der Waals surface area contributed by atoms with Gasteiger partial charge in [-0.3, -0.25) is 0 Å². The molecule has 1 N–H and O–H groups in total. The van der Waals surface area contributed by atoms with Gasteiger partial charge in [0.25, 0.3) is 0 Å². The molecule has 0 radical (unpaired) electrons. The molecule has 0 saturated heterocycles. The van der Waals surface area contributed by atoms with Gasteiger partial charge >= 0.3 is 14.7 Å². The molecule has 1 amide bonds. The fourth-order valence-corrected chi connectivity index (χ4v) is 3.54. The number of carbonyl (C=O) groups excluding carboxylic acids is 1. The summed E-state index contributed by atoms with van der Waals surface area (Å²) in [7, 11) is -2.11. The molecule has 0 fully saturated rings. The first-order valence-electron chi connectivity index (χ1n) is 5.76. The van der Waals surface area contributed by atoms with Gasteiger partial charge in [0.1, 0.15) is 0 Å². The number of amides is 1. The Morgan fingerprint density at radius 1 is 1.12 bits per heavy atom. The van der Waals surface area contributed by atoms with Crippen LogP contribution in [0.4, 0.5) is 4.79 Å². The van der Waals surface area contributed by atoms with Crippen molar-refractivity contribution >= 4 is 14.7 Å². The maximum Gasteiger partial charge on any atom is 0.407 e. The lowest BCUT2D eigenvalue weighted by atomic mass is 10.7. The Hall–Kier alpha value is -0.593. The number of alkyl carbamates (subject to hydrolysis) is 1. The predicted molar refractivity (Wildman–Crippen MR) is 64.7 cm³/mol. The summed E-state index contributed by atoms with van der Waals surface area (Å²) in [6.07, 6.45) is -0.383. The second-order valence-electron chi connectivity index (χ2n) is 3.40. The van der Waals surface area contributed by atoms with E-state index in [1.54, 1.807) is 6.92 Å². The topological polar surface area (TPSA) is 56.8 Å². The van der Waals surface area contributed by atoms with Gasteiger partial charge in [-0.15, -0.1) is 0 Å². The molecule has 5 nitrogen and oxygen atoms in total. The molecule has 0 unspecified atom stereocenters. The quantitative estimate of drug-likeness (QED) is 0.667. The summed E-state index contributed by atoms with van der Waals surface area (Å²) in [5, 5.41) is 2.67. The first-order chi connectivity index (χ1) is 7.58. The molecule has 0 aromatic carbocycles. The highest BCUT2D eigenvalue weighted by Gasteiger charge is 2.30. The fraction of sp³-hybridized carbons (Fsp3) is 0.900. The summed E-state index contributed by atoms with van der Waals surface area (Å²) in [5.74, 6) is 0. The zero-order chi connectivity index (χ0) is 12.4. The molecule has 0 saturated carbocycles. The van der Waals surface area contributed by atoms with Crippen LogP contribution in [0.3, 0.4) is 0 Å². The summed E-state index contributed by atoms with van der Waals surface area (Å²) in [5.41, 5.74) is 0. The summed E-state index contributed by atoms with van der Waals surface area (Å²) >= 11 is 0. The van der Waals surface area contributed by atoms with Crippen LogP contribution in [-0.4, -0.2) is 41.0 Å². The summed E-state index contributed by atoms with van der Waals surface area (Å²) in [6, 6.07) is 0.730. The monoisotopic (exact) mass is 249 g/mol. The molecule has 0 aliphatic heterocycles. The smallest absolute Gasteiger partial charge is 0.407 e. The van der Waals surface area contributed by atoms with Crippen molar-refractivity contribution in [2.24, 2.45) is 0 Å². The van der Waals surface area contributed by atoms with E-state index in [9.17, 15) is 4.79 Å². The molecule has 0 aromatic rings. The molecule has 96 valence electrons. The molecule has 0 rings (SSSR count). The Balaban J connectivity index is 3.88. The Labute approximate surface area is 98.7 Å². The van der Waals surface area contributed by atoms with Gasteiger partial charge in [-0.05, 0) is 27.3 Å². The van der Waals surface area contributed by atoms with Crippen LogP contribution < -0.4 is 5.32 Å². The highest BCUT2D eigenvalue weighted by molar-refractivity contribution is 6.66. The lowest BCUT2D eigenvalue weighted by Crippen LogP contribution is -2.42. The summed E-state index contributed by atoms with van der Waals surface area (Å²) < 4.78 is 16.0. The van der Waals surface area contributed by atoms with Crippen molar-refractivity contribution in [2.75, 3.05) is 26.4 Å². The van der Waals surface area contributed by atoms with Gasteiger partial charge in [0.05, 0.1) is 6.61 Å². The third kappa shape index (κ3) is 6.81. The normalized spacial score (nSPS) is 11.2. The minimum absolute atomic E-state index is 0.383. The van der Waals surface area contributed by atoms with Gasteiger partial charge in [-0.1, -0.05) is 0 Å². The van der Waals surface area contributed by atoms with Crippen molar-refractivity contribution in [3.05, 3.63) is 0 Å². The predicted octanol–water partition coefficient (Wildman–Crippen LogP) is 1.88. The van der Waals surface area contributed by atoms with Crippen LogP contribution in [-0.2, 0) is 13.6 Å². The standard InChI is InChI=1S/C10H23NO4Si/c1-5-13-10(12)11-8-9-16(4,14-6-2)15-7-3/h5-9H2,1-4H3,(H,11,12). The highest BCUT2D eigenvalue weighted by Crippen LogP contribution is 2.12. The van der Waals surface area contributed by atoms with E-state index in [0.717, 1.165) is 6.04 Å². The molecular weight excluding hydrogens is 226 g/mol. The molecule has 0 aromatic heterocycles. The number of hydrogen-bond donors (Lipinski definition) is 1. The van der Waals surface area contributed by atoms with Gasteiger partial charge in [0.15, 0.2) is 0 Å². The van der Waals surface area contributed by atoms with Crippen LogP contribution in [0.1, 0.15) is 20.8 Å². The lowest BCUT2D eigenvalue weighted by Gasteiger charge is -2.25. The van der Waals surface area contributed by atoms with Crippen molar-refractivity contribution in [3.63, 3.8) is 0 Å². The van der Waals surface area contributed by atoms with Crippen molar-refractivity contribution in [3.8, 4) is 0 Å². The number of ether oxygens (including phenoxy) is 1. The van der Waals surface area contributed by atoms with E-state index in [0.29, 0.717) is 26.4 Å². The largest absolute Gasteiger partial charge is 0.450 e. The number of rotatable bonds is 8. The molecule has 0 bridgehead atoms. The zero-order valence-corrected chi connectivity index (χ0v) is 11.7. The van der Waals surface area contributed by atoms with E-state index in [2.05, 4.69) is 5.32 Å². The van der Waals surface area contributed by atoms with Crippen LogP contribution in [0.5, 0.6) is 0 Å². The Kier molecular flexibility index (Phi) is 8.23. The number of hydrogen-bond acceptors (Lipinski definition) is 4. The third-order valence-corrected chi connectivity index (χ3v) is 4.98. The zero-order valence-electron chi connectivity index (χ0n) is 10.7. The minimum Gasteiger partial charge on any atom is -0.450 e. The second kappa shape index (κ2) is 8.55. The summed E-state index contributed by atoms with van der Waals surface area (Å²) in [4.78, 5) is 11.0. The summed E-state index contributed by atoms with van der Waals surface area (Å²) in [6.45, 7) is 9.88. The maximum atomic E-state index is 11.0. The van der Waals surface area contributed by atoms with Crippen LogP contribution in [0, 0.1) is 0 Å². The average Bonchev–Trinajstić information content (AvgIpc) is 2.18. The molecule has 0 aliphatic rings. The van der Waals surface area contributed by atoms with Crippen LogP contribution >= 0.6 is 0 Å². The lowest BCUT2D eigenvalue weighted by molar-refractivity contribution is 0.151. The van der Waals surface area contributed by atoms with Gasteiger partial charge in [0, 0.05) is 25.8 Å². The van der Waals surface area contributed by atoms with Gasteiger partial charge in [-0.2, -0.15) is 0 Å². The molecule has 0 heterocycles. The molecule has 16 heavy (non-hydrogen) atoms. The van der Waals surface area contributed by atoms with Gasteiger partial charge in [-0.25, -0.2) is 4.79 Å². The molecule has 6 heteroatoms. The highest BCUT2D eigenvalue weighted by atomic mass is 28.4. The van der Waals surface area contributed by atoms with Crippen molar-refractivity contribution in [1.29, 1.82) is 0 Å². The second-order valence-corrected chi connectivity index (χ2v) is 6.74. The number of carbonyl (C=O) groups is 1. The van der Waals surface area contributed by atoms with Crippen LogP contribution in [0.15, 0.2) is 0 Å². The van der Waals surface area contributed by atoms with E-state index in [-0.39, 0.29) is 6.09 Å². The van der Waals surface area contributed by atoms with E-state index in [1.165, 1.54) is 0 Å². The Morgan fingerprint density at radius 2 is 1.69 bits per heavy atom. The first-order valence-corrected chi connectivity index (χ1v) is 8.28. The average molecular weight is 249 g/mol. The minimum atomic E-state index is -2.11. The first kappa shape index (κ1) is 15.4. The maximum absolute atomic E-state index is 11.0. The van der Waals surface area contributed by atoms with E-state index in [1.807, 2.05) is 20.4 Å².